The number of nitrogens with zero attached hydrogens (tertiary/aromatic N) is 7. The number of anilines is 1. The van der Waals surface area contributed by atoms with Gasteiger partial charge in [0.2, 0.25) is 0 Å². The number of pyridine rings is 1. The van der Waals surface area contributed by atoms with E-state index in [1.54, 1.807) is 16.8 Å². The van der Waals surface area contributed by atoms with Gasteiger partial charge >= 0.3 is 0 Å². The van der Waals surface area contributed by atoms with Gasteiger partial charge in [0.1, 0.15) is 5.82 Å². The number of piperidine rings is 1. The molecule has 6 heterocycles. The molecule has 3 fully saturated rings. The lowest BCUT2D eigenvalue weighted by Gasteiger charge is -2.56. The minimum Gasteiger partial charge on any atom is -0.351 e. The van der Waals surface area contributed by atoms with Crippen LogP contribution >= 0.6 is 0 Å². The molecule has 8 nitrogen and oxygen atoms in total. The Kier molecular flexibility index (Phi) is 3.22. The van der Waals surface area contributed by atoms with Crippen molar-refractivity contribution in [1.82, 2.24) is 29.7 Å². The van der Waals surface area contributed by atoms with Crippen LogP contribution in [0.3, 0.4) is 0 Å². The van der Waals surface area contributed by atoms with Crippen molar-refractivity contribution in [1.29, 1.82) is 0 Å². The fourth-order valence-corrected chi connectivity index (χ4v) is 4.01. The summed E-state index contributed by atoms with van der Waals surface area (Å²) < 4.78 is 1.76. The second-order valence-electron chi connectivity index (χ2n) is 7.06. The van der Waals surface area contributed by atoms with Gasteiger partial charge in [-0.15, -0.1) is 15.3 Å². The molecule has 8 heteroatoms. The Hall–Kier alpha value is -3.03. The SMILES string of the molecule is Cc1cc(C(=O)N2C3CC2CN(c2ccc4nnc(C)n4n2)C3)ccn1. The van der Waals surface area contributed by atoms with Crippen LogP contribution in [0.15, 0.2) is 30.5 Å². The van der Waals surface area contributed by atoms with Crippen LogP contribution in [0.2, 0.25) is 0 Å². The summed E-state index contributed by atoms with van der Waals surface area (Å²) in [6.07, 6.45) is 2.76. The van der Waals surface area contributed by atoms with Crippen LogP contribution < -0.4 is 4.90 Å². The number of carbonyl (C=O) groups excluding carboxylic acids is 1. The summed E-state index contributed by atoms with van der Waals surface area (Å²) in [5.74, 6) is 1.78. The van der Waals surface area contributed by atoms with E-state index in [9.17, 15) is 4.79 Å². The van der Waals surface area contributed by atoms with E-state index >= 15 is 0 Å². The summed E-state index contributed by atoms with van der Waals surface area (Å²) in [5, 5.41) is 12.8. The van der Waals surface area contributed by atoms with Crippen molar-refractivity contribution >= 4 is 17.4 Å². The molecule has 2 atom stereocenters. The third-order valence-corrected chi connectivity index (χ3v) is 5.30. The Labute approximate surface area is 150 Å². The van der Waals surface area contributed by atoms with Gasteiger partial charge in [-0.3, -0.25) is 9.78 Å². The number of fused-ring (bicyclic) bond motifs is 3. The maximum atomic E-state index is 12.9. The van der Waals surface area contributed by atoms with Crippen molar-refractivity contribution in [3.05, 3.63) is 47.5 Å². The number of carbonyl (C=O) groups is 1. The zero-order chi connectivity index (χ0) is 17.8. The molecule has 26 heavy (non-hydrogen) atoms. The lowest BCUT2D eigenvalue weighted by molar-refractivity contribution is 0.00571. The smallest absolute Gasteiger partial charge is 0.254 e. The Morgan fingerprint density at radius 3 is 2.69 bits per heavy atom. The summed E-state index contributed by atoms with van der Waals surface area (Å²) in [6.45, 7) is 5.39. The standard InChI is InChI=1S/C18H19N7O/c1-11-7-13(5-6-19-11)18(26)24-14-8-15(24)10-23(9-14)17-4-3-16-21-20-12(2)25(16)22-17/h3-7,14-15H,8-10H2,1-2H3. The van der Waals surface area contributed by atoms with E-state index in [1.165, 1.54) is 0 Å². The molecule has 0 N–H and O–H groups in total. The fourth-order valence-electron chi connectivity index (χ4n) is 4.01. The van der Waals surface area contributed by atoms with Gasteiger partial charge < -0.3 is 9.80 Å². The van der Waals surface area contributed by atoms with Crippen LogP contribution in [0.4, 0.5) is 5.82 Å². The topological polar surface area (TPSA) is 79.5 Å². The predicted octanol–water partition coefficient (Wildman–Crippen LogP) is 1.24. The summed E-state index contributed by atoms with van der Waals surface area (Å²) in [4.78, 5) is 21.3. The van der Waals surface area contributed by atoms with Gasteiger partial charge in [0, 0.05) is 30.5 Å². The van der Waals surface area contributed by atoms with Gasteiger partial charge in [-0.2, -0.15) is 4.52 Å². The molecule has 3 aliphatic heterocycles. The molecule has 3 saturated heterocycles. The first-order valence-electron chi connectivity index (χ1n) is 8.79. The van der Waals surface area contributed by atoms with Gasteiger partial charge in [0.15, 0.2) is 11.5 Å². The van der Waals surface area contributed by atoms with Crippen LogP contribution in [-0.2, 0) is 0 Å². The number of hydrogen-bond donors (Lipinski definition) is 0. The van der Waals surface area contributed by atoms with Gasteiger partial charge in [0.25, 0.3) is 5.91 Å². The summed E-state index contributed by atoms with van der Waals surface area (Å²) >= 11 is 0. The largest absolute Gasteiger partial charge is 0.351 e. The number of aryl methyl sites for hydroxylation is 2. The second kappa shape index (κ2) is 5.48. The molecule has 2 bridgehead atoms. The minimum absolute atomic E-state index is 0.106. The molecule has 3 aromatic rings. The van der Waals surface area contributed by atoms with E-state index < -0.39 is 0 Å². The average molecular weight is 349 g/mol. The lowest BCUT2D eigenvalue weighted by Crippen LogP contribution is -2.70. The second-order valence-corrected chi connectivity index (χ2v) is 7.06. The number of rotatable bonds is 2. The predicted molar refractivity (Wildman–Crippen MR) is 95.1 cm³/mol. The van der Waals surface area contributed by atoms with E-state index in [2.05, 4.69) is 25.2 Å². The molecule has 0 spiro atoms. The molecule has 0 aliphatic carbocycles. The first-order chi connectivity index (χ1) is 12.6. The Bertz CT molecular complexity index is 1000. The zero-order valence-corrected chi connectivity index (χ0v) is 14.7. The molecule has 132 valence electrons. The van der Waals surface area contributed by atoms with Crippen LogP contribution in [0.25, 0.3) is 5.65 Å². The Morgan fingerprint density at radius 2 is 1.92 bits per heavy atom. The third-order valence-electron chi connectivity index (χ3n) is 5.30. The molecular formula is C18H19N7O. The lowest BCUT2D eigenvalue weighted by atomic mass is 9.86. The highest BCUT2D eigenvalue weighted by atomic mass is 16.2. The van der Waals surface area contributed by atoms with Gasteiger partial charge in [-0.05, 0) is 44.5 Å². The number of aromatic nitrogens is 5. The van der Waals surface area contributed by atoms with Gasteiger partial charge in [0.05, 0.1) is 12.1 Å². The molecule has 6 rings (SSSR count). The molecule has 0 radical (unpaired) electrons. The fraction of sp³-hybridized carbons (Fsp3) is 0.389. The van der Waals surface area contributed by atoms with Crippen molar-refractivity contribution in [2.45, 2.75) is 32.4 Å². The van der Waals surface area contributed by atoms with Crippen molar-refractivity contribution in [2.24, 2.45) is 0 Å². The first-order valence-corrected chi connectivity index (χ1v) is 8.79. The highest BCUT2D eigenvalue weighted by molar-refractivity contribution is 5.95. The maximum absolute atomic E-state index is 12.9. The van der Waals surface area contributed by atoms with Crippen LogP contribution in [0, 0.1) is 13.8 Å². The van der Waals surface area contributed by atoms with E-state index in [0.29, 0.717) is 0 Å². The van der Waals surface area contributed by atoms with Crippen molar-refractivity contribution in [3.8, 4) is 0 Å². The quantitative estimate of drug-likeness (QED) is 0.693. The van der Waals surface area contributed by atoms with E-state index in [1.807, 2.05) is 36.9 Å². The third kappa shape index (κ3) is 2.25. The van der Waals surface area contributed by atoms with Crippen molar-refractivity contribution in [3.63, 3.8) is 0 Å². The number of amides is 1. The Balaban J connectivity index is 1.36. The van der Waals surface area contributed by atoms with E-state index in [0.717, 1.165) is 48.1 Å². The monoisotopic (exact) mass is 349 g/mol. The van der Waals surface area contributed by atoms with Gasteiger partial charge in [-0.1, -0.05) is 0 Å². The minimum atomic E-state index is 0.106. The molecule has 0 aromatic carbocycles. The Morgan fingerprint density at radius 1 is 1.12 bits per heavy atom. The van der Waals surface area contributed by atoms with Crippen molar-refractivity contribution in [2.75, 3.05) is 18.0 Å². The zero-order valence-electron chi connectivity index (χ0n) is 14.7. The number of hydrogen-bond acceptors (Lipinski definition) is 6. The molecule has 3 aliphatic rings. The molecule has 2 unspecified atom stereocenters. The molecule has 0 saturated carbocycles. The van der Waals surface area contributed by atoms with E-state index in [-0.39, 0.29) is 18.0 Å². The summed E-state index contributed by atoms with van der Waals surface area (Å²) in [5.41, 5.74) is 2.34. The average Bonchev–Trinajstić information content (AvgIpc) is 3.02. The van der Waals surface area contributed by atoms with Crippen molar-refractivity contribution < 1.29 is 4.79 Å². The molecule has 1 amide bonds. The molecule has 3 aromatic heterocycles. The highest BCUT2D eigenvalue weighted by Gasteiger charge is 2.47. The number of piperazine rings is 1. The first kappa shape index (κ1) is 15.2. The van der Waals surface area contributed by atoms with Crippen LogP contribution in [0.5, 0.6) is 0 Å². The van der Waals surface area contributed by atoms with Gasteiger partial charge in [-0.25, -0.2) is 0 Å². The summed E-state index contributed by atoms with van der Waals surface area (Å²) in [7, 11) is 0. The molecular weight excluding hydrogens is 330 g/mol. The summed E-state index contributed by atoms with van der Waals surface area (Å²) in [6, 6.07) is 8.03. The highest BCUT2D eigenvalue weighted by Crippen LogP contribution is 2.35. The van der Waals surface area contributed by atoms with Crippen LogP contribution in [0.1, 0.15) is 28.3 Å². The van der Waals surface area contributed by atoms with Crippen LogP contribution in [-0.4, -0.2) is 60.8 Å². The maximum Gasteiger partial charge on any atom is 0.254 e. The normalized spacial score (nSPS) is 21.8. The van der Waals surface area contributed by atoms with E-state index in [4.69, 9.17) is 0 Å².